The smallest absolute Gasteiger partial charge is 0.232 e. The third kappa shape index (κ3) is 2.88. The van der Waals surface area contributed by atoms with Crippen molar-refractivity contribution in [2.75, 3.05) is 7.11 Å². The van der Waals surface area contributed by atoms with Gasteiger partial charge in [0.05, 0.1) is 7.11 Å². The third-order valence-corrected chi connectivity index (χ3v) is 4.67. The van der Waals surface area contributed by atoms with Gasteiger partial charge in [-0.2, -0.15) is 0 Å². The Morgan fingerprint density at radius 3 is 2.77 bits per heavy atom. The van der Waals surface area contributed by atoms with E-state index < -0.39 is 0 Å². The molecule has 2 heterocycles. The van der Waals surface area contributed by atoms with Crippen molar-refractivity contribution < 1.29 is 9.53 Å². The van der Waals surface area contributed by atoms with Crippen molar-refractivity contribution in [3.05, 3.63) is 84.6 Å². The maximum Gasteiger partial charge on any atom is 0.232 e. The molecule has 0 aliphatic rings. The Kier molecular flexibility index (Phi) is 4.27. The van der Waals surface area contributed by atoms with E-state index >= 15 is 0 Å². The molecule has 0 fully saturated rings. The van der Waals surface area contributed by atoms with E-state index in [0.29, 0.717) is 6.42 Å². The van der Waals surface area contributed by atoms with Crippen LogP contribution in [0.15, 0.2) is 73.4 Å². The SMILES string of the molecule is COc1cccc2[nH]cc(C(CC(=O)n3ccnc3)c3ccccc3)c12. The van der Waals surface area contributed by atoms with Crippen molar-refractivity contribution in [2.24, 2.45) is 0 Å². The van der Waals surface area contributed by atoms with Gasteiger partial charge in [-0.3, -0.25) is 9.36 Å². The van der Waals surface area contributed by atoms with E-state index in [9.17, 15) is 4.79 Å². The van der Waals surface area contributed by atoms with Gasteiger partial charge in [0.15, 0.2) is 0 Å². The van der Waals surface area contributed by atoms with E-state index in [4.69, 9.17) is 4.74 Å². The molecule has 0 aliphatic heterocycles. The van der Waals surface area contributed by atoms with Gasteiger partial charge in [-0.25, -0.2) is 4.98 Å². The molecule has 0 spiro atoms. The Labute approximate surface area is 151 Å². The fourth-order valence-electron chi connectivity index (χ4n) is 3.40. The Balaban J connectivity index is 1.82. The van der Waals surface area contributed by atoms with Crippen molar-refractivity contribution in [1.29, 1.82) is 0 Å². The van der Waals surface area contributed by atoms with Crippen LogP contribution in [0.3, 0.4) is 0 Å². The van der Waals surface area contributed by atoms with Crippen LogP contribution in [-0.2, 0) is 0 Å². The molecule has 1 unspecified atom stereocenters. The number of nitrogens with zero attached hydrogens (tertiary/aromatic N) is 2. The number of carbonyl (C=O) groups is 1. The van der Waals surface area contributed by atoms with E-state index in [0.717, 1.165) is 27.8 Å². The lowest BCUT2D eigenvalue weighted by molar-refractivity contribution is 0.0897. The molecule has 0 radical (unpaired) electrons. The van der Waals surface area contributed by atoms with Crippen LogP contribution in [-0.4, -0.2) is 27.6 Å². The molecule has 26 heavy (non-hydrogen) atoms. The third-order valence-electron chi connectivity index (χ3n) is 4.67. The Hall–Kier alpha value is -3.34. The summed E-state index contributed by atoms with van der Waals surface area (Å²) in [5.41, 5.74) is 3.14. The lowest BCUT2D eigenvalue weighted by atomic mass is 9.87. The van der Waals surface area contributed by atoms with Gasteiger partial charge in [0.1, 0.15) is 12.1 Å². The molecule has 0 saturated carbocycles. The Bertz CT molecular complexity index is 1020. The lowest BCUT2D eigenvalue weighted by Gasteiger charge is -2.17. The highest BCUT2D eigenvalue weighted by Gasteiger charge is 2.23. The number of aromatic amines is 1. The zero-order valence-electron chi connectivity index (χ0n) is 14.4. The van der Waals surface area contributed by atoms with Crippen LogP contribution in [0.4, 0.5) is 0 Å². The second kappa shape index (κ2) is 6.88. The van der Waals surface area contributed by atoms with Gasteiger partial charge in [0, 0.05) is 41.8 Å². The highest BCUT2D eigenvalue weighted by molar-refractivity contribution is 5.91. The van der Waals surface area contributed by atoms with Gasteiger partial charge < -0.3 is 9.72 Å². The molecule has 5 heteroatoms. The monoisotopic (exact) mass is 345 g/mol. The molecular formula is C21H19N3O2. The number of aromatic nitrogens is 3. The highest BCUT2D eigenvalue weighted by atomic mass is 16.5. The van der Waals surface area contributed by atoms with Crippen molar-refractivity contribution in [1.82, 2.24) is 14.5 Å². The first-order valence-corrected chi connectivity index (χ1v) is 8.48. The fraction of sp³-hybridized carbons (Fsp3) is 0.143. The van der Waals surface area contributed by atoms with Gasteiger partial charge in [0.25, 0.3) is 0 Å². The van der Waals surface area contributed by atoms with Crippen LogP contribution < -0.4 is 4.74 Å². The van der Waals surface area contributed by atoms with Crippen LogP contribution in [0.5, 0.6) is 5.75 Å². The molecule has 0 aliphatic carbocycles. The molecule has 0 amide bonds. The molecule has 2 aromatic heterocycles. The standard InChI is InChI=1S/C21H19N3O2/c1-26-19-9-5-8-18-21(19)17(13-23-18)16(15-6-3-2-4-7-15)12-20(25)24-11-10-22-14-24/h2-11,13-14,16,23H,12H2,1H3. The highest BCUT2D eigenvalue weighted by Crippen LogP contribution is 2.38. The van der Waals surface area contributed by atoms with E-state index in [2.05, 4.69) is 22.1 Å². The molecule has 1 N–H and O–H groups in total. The zero-order valence-corrected chi connectivity index (χ0v) is 14.4. The zero-order chi connectivity index (χ0) is 17.9. The molecule has 1 atom stereocenters. The quantitative estimate of drug-likeness (QED) is 0.589. The maximum absolute atomic E-state index is 12.8. The molecule has 0 saturated heterocycles. The summed E-state index contributed by atoms with van der Waals surface area (Å²) in [6.07, 6.45) is 7.15. The van der Waals surface area contributed by atoms with E-state index in [1.165, 1.54) is 4.57 Å². The summed E-state index contributed by atoms with van der Waals surface area (Å²) in [5.74, 6) is 0.714. The molecule has 4 rings (SSSR count). The molecule has 0 bridgehead atoms. The predicted molar refractivity (Wildman–Crippen MR) is 101 cm³/mol. The minimum absolute atomic E-state index is 0.000557. The first-order valence-electron chi connectivity index (χ1n) is 8.48. The van der Waals surface area contributed by atoms with Crippen molar-refractivity contribution >= 4 is 16.8 Å². The normalized spacial score (nSPS) is 12.2. The second-order valence-electron chi connectivity index (χ2n) is 6.16. The van der Waals surface area contributed by atoms with Gasteiger partial charge in [-0.05, 0) is 23.3 Å². The molecule has 2 aromatic carbocycles. The van der Waals surface area contributed by atoms with Crippen LogP contribution in [0.25, 0.3) is 10.9 Å². The minimum atomic E-state index is -0.0869. The summed E-state index contributed by atoms with van der Waals surface area (Å²) >= 11 is 0. The van der Waals surface area contributed by atoms with Gasteiger partial charge >= 0.3 is 0 Å². The number of methoxy groups -OCH3 is 1. The van der Waals surface area contributed by atoms with Gasteiger partial charge in [-0.15, -0.1) is 0 Å². The van der Waals surface area contributed by atoms with Gasteiger partial charge in [-0.1, -0.05) is 36.4 Å². The second-order valence-corrected chi connectivity index (χ2v) is 6.16. The topological polar surface area (TPSA) is 59.9 Å². The number of hydrogen-bond acceptors (Lipinski definition) is 3. The number of ether oxygens (including phenoxy) is 1. The average Bonchev–Trinajstić information content (AvgIpc) is 3.36. The van der Waals surface area contributed by atoms with Crippen LogP contribution >= 0.6 is 0 Å². The van der Waals surface area contributed by atoms with E-state index in [1.54, 1.807) is 25.8 Å². The Morgan fingerprint density at radius 2 is 2.04 bits per heavy atom. The first kappa shape index (κ1) is 16.1. The van der Waals surface area contributed by atoms with Crippen molar-refractivity contribution in [2.45, 2.75) is 12.3 Å². The molecular weight excluding hydrogens is 326 g/mol. The number of rotatable bonds is 5. The number of H-pyrrole nitrogens is 1. The number of carbonyl (C=O) groups excluding carboxylic acids is 1. The minimum Gasteiger partial charge on any atom is -0.496 e. The number of nitrogens with one attached hydrogen (secondary N) is 1. The predicted octanol–water partition coefficient (Wildman–Crippen LogP) is 4.24. The van der Waals surface area contributed by atoms with Gasteiger partial charge in [0.2, 0.25) is 5.91 Å². The summed E-state index contributed by atoms with van der Waals surface area (Å²) in [5, 5.41) is 1.02. The first-order chi connectivity index (χ1) is 12.8. The number of hydrogen-bond donors (Lipinski definition) is 1. The summed E-state index contributed by atoms with van der Waals surface area (Å²) in [4.78, 5) is 20.0. The number of benzene rings is 2. The summed E-state index contributed by atoms with van der Waals surface area (Å²) in [6.45, 7) is 0. The maximum atomic E-state index is 12.8. The lowest BCUT2D eigenvalue weighted by Crippen LogP contribution is -2.14. The molecule has 5 nitrogen and oxygen atoms in total. The number of imidazole rings is 1. The van der Waals surface area contributed by atoms with E-state index in [-0.39, 0.29) is 11.8 Å². The summed E-state index contributed by atoms with van der Waals surface area (Å²) in [6, 6.07) is 16.0. The fourth-order valence-corrected chi connectivity index (χ4v) is 3.40. The summed E-state index contributed by atoms with van der Waals surface area (Å²) in [7, 11) is 1.67. The van der Waals surface area contributed by atoms with Crippen LogP contribution in [0, 0.1) is 0 Å². The average molecular weight is 345 g/mol. The Morgan fingerprint density at radius 1 is 1.19 bits per heavy atom. The van der Waals surface area contributed by atoms with E-state index in [1.807, 2.05) is 42.6 Å². The molecule has 130 valence electrons. The largest absolute Gasteiger partial charge is 0.496 e. The summed E-state index contributed by atoms with van der Waals surface area (Å²) < 4.78 is 7.10. The number of fused-ring (bicyclic) bond motifs is 1. The molecule has 4 aromatic rings. The van der Waals surface area contributed by atoms with Crippen molar-refractivity contribution in [3.8, 4) is 5.75 Å². The van der Waals surface area contributed by atoms with Crippen LogP contribution in [0.2, 0.25) is 0 Å². The van der Waals surface area contributed by atoms with Crippen molar-refractivity contribution in [3.63, 3.8) is 0 Å². The van der Waals surface area contributed by atoms with Crippen LogP contribution in [0.1, 0.15) is 28.3 Å².